The second-order valence-corrected chi connectivity index (χ2v) is 10.6. The molecule has 0 radical (unpaired) electrons. The molecule has 182 valence electrons. The number of hydrogen-bond donors (Lipinski definition) is 2. The number of rotatable bonds is 8. The summed E-state index contributed by atoms with van der Waals surface area (Å²) in [5, 5.41) is 5.69. The molecule has 0 aliphatic carbocycles. The lowest BCUT2D eigenvalue weighted by atomic mass is 10.1. The second kappa shape index (κ2) is 10.8. The predicted molar refractivity (Wildman–Crippen MR) is 137 cm³/mol. The fraction of sp³-hybridized carbons (Fsp3) is 0.259. The van der Waals surface area contributed by atoms with Crippen molar-refractivity contribution in [3.8, 4) is 0 Å². The standard InChI is InChI=1S/C27H29N3O4S/c1-20-7-6-8-22(19-20)28-27(32)24-9-2-3-10-25(24)29-26(31)16-13-21-11-14-23(15-12-21)35(33,34)30-17-4-5-18-30/h2-3,6-12,14-15,19H,4-5,13,16-18H2,1H3,(H,28,32)(H,29,31). The van der Waals surface area contributed by atoms with Gasteiger partial charge in [0.1, 0.15) is 0 Å². The molecule has 1 saturated heterocycles. The second-order valence-electron chi connectivity index (χ2n) is 8.67. The highest BCUT2D eigenvalue weighted by Crippen LogP contribution is 2.22. The minimum Gasteiger partial charge on any atom is -0.325 e. The fourth-order valence-corrected chi connectivity index (χ4v) is 5.60. The van der Waals surface area contributed by atoms with Gasteiger partial charge >= 0.3 is 0 Å². The molecule has 1 aliphatic heterocycles. The van der Waals surface area contributed by atoms with Gasteiger partial charge in [-0.15, -0.1) is 0 Å². The Labute approximate surface area is 206 Å². The Kier molecular flexibility index (Phi) is 7.63. The highest BCUT2D eigenvalue weighted by Gasteiger charge is 2.26. The number of anilines is 2. The van der Waals surface area contributed by atoms with Crippen molar-refractivity contribution in [2.24, 2.45) is 0 Å². The SMILES string of the molecule is Cc1cccc(NC(=O)c2ccccc2NC(=O)CCc2ccc(S(=O)(=O)N3CCCC3)cc2)c1. The zero-order valence-corrected chi connectivity index (χ0v) is 20.5. The van der Waals surface area contributed by atoms with Crippen molar-refractivity contribution in [2.45, 2.75) is 37.5 Å². The van der Waals surface area contributed by atoms with Gasteiger partial charge in [0, 0.05) is 25.2 Å². The molecular formula is C27H29N3O4S. The molecule has 35 heavy (non-hydrogen) atoms. The lowest BCUT2D eigenvalue weighted by Gasteiger charge is -2.15. The van der Waals surface area contributed by atoms with Gasteiger partial charge in [0.05, 0.1) is 16.1 Å². The van der Waals surface area contributed by atoms with Gasteiger partial charge in [0.15, 0.2) is 0 Å². The Morgan fingerprint density at radius 3 is 2.31 bits per heavy atom. The topological polar surface area (TPSA) is 95.6 Å². The molecule has 0 unspecified atom stereocenters. The summed E-state index contributed by atoms with van der Waals surface area (Å²) in [4.78, 5) is 25.7. The van der Waals surface area contributed by atoms with E-state index < -0.39 is 10.0 Å². The highest BCUT2D eigenvalue weighted by atomic mass is 32.2. The van der Waals surface area contributed by atoms with Crippen molar-refractivity contribution in [2.75, 3.05) is 23.7 Å². The molecule has 3 aromatic carbocycles. The first-order valence-electron chi connectivity index (χ1n) is 11.7. The number of nitrogens with one attached hydrogen (secondary N) is 2. The third-order valence-electron chi connectivity index (χ3n) is 5.99. The summed E-state index contributed by atoms with van der Waals surface area (Å²) in [6, 6.07) is 21.1. The van der Waals surface area contributed by atoms with E-state index in [0.29, 0.717) is 36.4 Å². The monoisotopic (exact) mass is 491 g/mol. The first-order chi connectivity index (χ1) is 16.8. The van der Waals surface area contributed by atoms with Crippen LogP contribution in [0.25, 0.3) is 0 Å². The maximum atomic E-state index is 12.8. The van der Waals surface area contributed by atoms with Gasteiger partial charge in [0.2, 0.25) is 15.9 Å². The van der Waals surface area contributed by atoms with Gasteiger partial charge < -0.3 is 10.6 Å². The number of hydrogen-bond acceptors (Lipinski definition) is 4. The van der Waals surface area contributed by atoms with Crippen LogP contribution in [0.1, 0.15) is 40.7 Å². The summed E-state index contributed by atoms with van der Waals surface area (Å²) in [6.45, 7) is 3.08. The van der Waals surface area contributed by atoms with Gasteiger partial charge in [-0.3, -0.25) is 9.59 Å². The van der Waals surface area contributed by atoms with Crippen molar-refractivity contribution in [3.05, 3.63) is 89.5 Å². The van der Waals surface area contributed by atoms with E-state index in [1.807, 2.05) is 31.2 Å². The molecule has 2 N–H and O–H groups in total. The van der Waals surface area contributed by atoms with E-state index in [4.69, 9.17) is 0 Å². The average Bonchev–Trinajstić information content (AvgIpc) is 3.39. The number of para-hydroxylation sites is 1. The van der Waals surface area contributed by atoms with Crippen molar-refractivity contribution >= 4 is 33.2 Å². The van der Waals surface area contributed by atoms with Crippen molar-refractivity contribution < 1.29 is 18.0 Å². The fourth-order valence-electron chi connectivity index (χ4n) is 4.09. The lowest BCUT2D eigenvalue weighted by molar-refractivity contribution is -0.116. The first kappa shape index (κ1) is 24.6. The third kappa shape index (κ3) is 6.15. The number of carbonyl (C=O) groups is 2. The quantitative estimate of drug-likeness (QED) is 0.481. The van der Waals surface area contributed by atoms with Crippen LogP contribution in [-0.4, -0.2) is 37.6 Å². The van der Waals surface area contributed by atoms with Gasteiger partial charge in [0.25, 0.3) is 5.91 Å². The van der Waals surface area contributed by atoms with Crippen molar-refractivity contribution in [1.29, 1.82) is 0 Å². The van der Waals surface area contributed by atoms with E-state index in [-0.39, 0.29) is 23.1 Å². The van der Waals surface area contributed by atoms with Gasteiger partial charge in [-0.1, -0.05) is 36.4 Å². The average molecular weight is 492 g/mol. The van der Waals surface area contributed by atoms with E-state index in [2.05, 4.69) is 10.6 Å². The molecule has 4 rings (SSSR count). The molecule has 2 amide bonds. The zero-order chi connectivity index (χ0) is 24.8. The summed E-state index contributed by atoms with van der Waals surface area (Å²) in [7, 11) is -3.45. The van der Waals surface area contributed by atoms with E-state index >= 15 is 0 Å². The Bertz CT molecular complexity index is 1310. The minimum atomic E-state index is -3.45. The van der Waals surface area contributed by atoms with Crippen LogP contribution in [0.15, 0.2) is 77.7 Å². The van der Waals surface area contributed by atoms with Crippen LogP contribution in [0.3, 0.4) is 0 Å². The molecule has 0 saturated carbocycles. The van der Waals surface area contributed by atoms with E-state index in [1.165, 1.54) is 4.31 Å². The zero-order valence-electron chi connectivity index (χ0n) is 19.7. The number of aryl methyl sites for hydroxylation is 2. The lowest BCUT2D eigenvalue weighted by Crippen LogP contribution is -2.27. The molecule has 0 bridgehead atoms. The Balaban J connectivity index is 1.36. The van der Waals surface area contributed by atoms with Crippen LogP contribution < -0.4 is 10.6 Å². The van der Waals surface area contributed by atoms with Crippen LogP contribution in [0, 0.1) is 6.92 Å². The van der Waals surface area contributed by atoms with E-state index in [0.717, 1.165) is 24.0 Å². The summed E-state index contributed by atoms with van der Waals surface area (Å²) < 4.78 is 26.8. The van der Waals surface area contributed by atoms with E-state index in [9.17, 15) is 18.0 Å². The van der Waals surface area contributed by atoms with Gasteiger partial charge in [-0.05, 0) is 73.7 Å². The van der Waals surface area contributed by atoms with Crippen LogP contribution in [0.4, 0.5) is 11.4 Å². The summed E-state index contributed by atoms with van der Waals surface area (Å²) in [5.41, 5.74) is 3.40. The molecule has 8 heteroatoms. The third-order valence-corrected chi connectivity index (χ3v) is 7.90. The molecular weight excluding hydrogens is 462 g/mol. The highest BCUT2D eigenvalue weighted by molar-refractivity contribution is 7.89. The summed E-state index contributed by atoms with van der Waals surface area (Å²) in [5.74, 6) is -0.532. The molecule has 7 nitrogen and oxygen atoms in total. The number of amides is 2. The minimum absolute atomic E-state index is 0.200. The summed E-state index contributed by atoms with van der Waals surface area (Å²) in [6.07, 6.45) is 2.44. The largest absolute Gasteiger partial charge is 0.325 e. The van der Waals surface area contributed by atoms with E-state index in [1.54, 1.807) is 48.5 Å². The summed E-state index contributed by atoms with van der Waals surface area (Å²) >= 11 is 0. The van der Waals surface area contributed by atoms with Crippen LogP contribution in [-0.2, 0) is 21.2 Å². The Morgan fingerprint density at radius 1 is 0.886 bits per heavy atom. The van der Waals surface area contributed by atoms with Crippen LogP contribution in [0.5, 0.6) is 0 Å². The predicted octanol–water partition coefficient (Wildman–Crippen LogP) is 4.60. The number of carbonyl (C=O) groups excluding carboxylic acids is 2. The molecule has 1 fully saturated rings. The molecule has 0 atom stereocenters. The smallest absolute Gasteiger partial charge is 0.257 e. The van der Waals surface area contributed by atoms with Crippen molar-refractivity contribution in [1.82, 2.24) is 4.31 Å². The molecule has 0 spiro atoms. The van der Waals surface area contributed by atoms with Gasteiger partial charge in [-0.25, -0.2) is 8.42 Å². The number of sulfonamides is 1. The molecule has 1 aliphatic rings. The van der Waals surface area contributed by atoms with Gasteiger partial charge in [-0.2, -0.15) is 4.31 Å². The Morgan fingerprint density at radius 2 is 1.60 bits per heavy atom. The molecule has 1 heterocycles. The maximum absolute atomic E-state index is 12.8. The maximum Gasteiger partial charge on any atom is 0.257 e. The number of nitrogens with zero attached hydrogens (tertiary/aromatic N) is 1. The Hall–Kier alpha value is -3.49. The van der Waals surface area contributed by atoms with Crippen LogP contribution in [0.2, 0.25) is 0 Å². The normalized spacial score (nSPS) is 14.0. The van der Waals surface area contributed by atoms with Crippen molar-refractivity contribution in [3.63, 3.8) is 0 Å². The van der Waals surface area contributed by atoms with Crippen LogP contribution >= 0.6 is 0 Å². The molecule has 3 aromatic rings. The molecule has 0 aromatic heterocycles. The first-order valence-corrected chi connectivity index (χ1v) is 13.1. The number of benzene rings is 3.